The van der Waals surface area contributed by atoms with E-state index >= 15 is 0 Å². The number of aliphatic hydroxyl groups excluding tert-OH is 1. The Morgan fingerprint density at radius 3 is 2.07 bits per heavy atom. The van der Waals surface area contributed by atoms with Crippen molar-refractivity contribution in [3.05, 3.63) is 0 Å². The minimum atomic E-state index is -0.0157. The lowest BCUT2D eigenvalue weighted by Gasteiger charge is -2.33. The van der Waals surface area contributed by atoms with E-state index in [9.17, 15) is 5.11 Å². The Balaban J connectivity index is 2.24. The molecule has 15 heavy (non-hydrogen) atoms. The summed E-state index contributed by atoms with van der Waals surface area (Å²) in [6.45, 7) is 6.86. The Labute approximate surface area is 95.3 Å². The van der Waals surface area contributed by atoms with Crippen molar-refractivity contribution in [3.8, 4) is 0 Å². The quantitative estimate of drug-likeness (QED) is 0.730. The van der Waals surface area contributed by atoms with Gasteiger partial charge in [0.25, 0.3) is 0 Å². The van der Waals surface area contributed by atoms with Crippen molar-refractivity contribution in [1.82, 2.24) is 0 Å². The molecule has 0 aromatic heterocycles. The second-order valence-corrected chi connectivity index (χ2v) is 5.63. The summed E-state index contributed by atoms with van der Waals surface area (Å²) in [5.41, 5.74) is 0. The second-order valence-electron chi connectivity index (χ2n) is 5.63. The van der Waals surface area contributed by atoms with Gasteiger partial charge in [-0.25, -0.2) is 0 Å². The van der Waals surface area contributed by atoms with Crippen LogP contribution in [0, 0.1) is 17.8 Å². The molecule has 1 nitrogen and oxygen atoms in total. The molecule has 1 fully saturated rings. The van der Waals surface area contributed by atoms with Gasteiger partial charge in [-0.05, 0) is 49.9 Å². The lowest BCUT2D eigenvalue weighted by molar-refractivity contribution is 0.0592. The monoisotopic (exact) mass is 212 g/mol. The minimum Gasteiger partial charge on any atom is -0.393 e. The number of rotatable bonds is 5. The SMILES string of the molecule is CCCCC(O)C1CCC(C(C)C)CC1. The van der Waals surface area contributed by atoms with E-state index in [4.69, 9.17) is 0 Å². The molecule has 0 aromatic rings. The van der Waals surface area contributed by atoms with E-state index in [1.807, 2.05) is 0 Å². The van der Waals surface area contributed by atoms with Crippen LogP contribution in [-0.2, 0) is 0 Å². The molecule has 0 heterocycles. The molecule has 0 amide bonds. The molecule has 1 aliphatic rings. The fraction of sp³-hybridized carbons (Fsp3) is 1.00. The van der Waals surface area contributed by atoms with Gasteiger partial charge >= 0.3 is 0 Å². The van der Waals surface area contributed by atoms with Crippen LogP contribution in [0.1, 0.15) is 65.7 Å². The van der Waals surface area contributed by atoms with E-state index in [0.717, 1.165) is 18.3 Å². The van der Waals surface area contributed by atoms with E-state index in [1.165, 1.54) is 38.5 Å². The maximum Gasteiger partial charge on any atom is 0.0568 e. The van der Waals surface area contributed by atoms with Crippen molar-refractivity contribution in [2.75, 3.05) is 0 Å². The summed E-state index contributed by atoms with van der Waals surface area (Å²) in [6, 6.07) is 0. The Morgan fingerprint density at radius 2 is 1.60 bits per heavy atom. The molecule has 1 unspecified atom stereocenters. The van der Waals surface area contributed by atoms with Crippen molar-refractivity contribution >= 4 is 0 Å². The fourth-order valence-corrected chi connectivity index (χ4v) is 2.85. The van der Waals surface area contributed by atoms with Gasteiger partial charge in [-0.2, -0.15) is 0 Å². The van der Waals surface area contributed by atoms with Crippen LogP contribution in [0.4, 0.5) is 0 Å². The highest BCUT2D eigenvalue weighted by Gasteiger charge is 2.27. The summed E-state index contributed by atoms with van der Waals surface area (Å²) in [5.74, 6) is 2.35. The molecule has 0 spiro atoms. The number of hydrogen-bond acceptors (Lipinski definition) is 1. The molecule has 1 rings (SSSR count). The van der Waals surface area contributed by atoms with Crippen molar-refractivity contribution in [1.29, 1.82) is 0 Å². The van der Waals surface area contributed by atoms with Crippen molar-refractivity contribution in [2.45, 2.75) is 71.8 Å². The second kappa shape index (κ2) is 6.52. The maximum absolute atomic E-state index is 10.0. The predicted molar refractivity (Wildman–Crippen MR) is 65.8 cm³/mol. The number of aliphatic hydroxyl groups is 1. The molecule has 1 atom stereocenters. The van der Waals surface area contributed by atoms with Gasteiger partial charge in [-0.15, -0.1) is 0 Å². The molecule has 0 radical (unpaired) electrons. The van der Waals surface area contributed by atoms with Crippen molar-refractivity contribution in [3.63, 3.8) is 0 Å². The standard InChI is InChI=1S/C14H28O/c1-4-5-6-14(15)13-9-7-12(8-10-13)11(2)3/h11-15H,4-10H2,1-3H3. The Bertz CT molecular complexity index is 157. The molecule has 1 aliphatic carbocycles. The highest BCUT2D eigenvalue weighted by Crippen LogP contribution is 2.35. The zero-order chi connectivity index (χ0) is 11.3. The van der Waals surface area contributed by atoms with Gasteiger partial charge in [-0.1, -0.05) is 33.6 Å². The van der Waals surface area contributed by atoms with Gasteiger partial charge in [0.2, 0.25) is 0 Å². The van der Waals surface area contributed by atoms with Gasteiger partial charge in [0.1, 0.15) is 0 Å². The van der Waals surface area contributed by atoms with Crippen LogP contribution in [0.3, 0.4) is 0 Å². The van der Waals surface area contributed by atoms with Gasteiger partial charge < -0.3 is 5.11 Å². The normalized spacial score (nSPS) is 29.4. The third-order valence-electron chi connectivity index (χ3n) is 4.16. The third-order valence-corrected chi connectivity index (χ3v) is 4.16. The summed E-state index contributed by atoms with van der Waals surface area (Å²) in [6.07, 6.45) is 8.59. The number of unbranched alkanes of at least 4 members (excludes halogenated alkanes) is 1. The smallest absolute Gasteiger partial charge is 0.0568 e. The molecular weight excluding hydrogens is 184 g/mol. The zero-order valence-electron chi connectivity index (χ0n) is 10.7. The third kappa shape index (κ3) is 4.14. The first-order valence-electron chi connectivity index (χ1n) is 6.83. The van der Waals surface area contributed by atoms with Crippen LogP contribution in [0.5, 0.6) is 0 Å². The predicted octanol–water partition coefficient (Wildman–Crippen LogP) is 4.00. The van der Waals surface area contributed by atoms with Gasteiger partial charge in [-0.3, -0.25) is 0 Å². The van der Waals surface area contributed by atoms with Crippen LogP contribution < -0.4 is 0 Å². The first-order chi connectivity index (χ1) is 7.15. The Hall–Kier alpha value is -0.0400. The van der Waals surface area contributed by atoms with Gasteiger partial charge in [0, 0.05) is 0 Å². The van der Waals surface area contributed by atoms with Crippen LogP contribution in [0.2, 0.25) is 0 Å². The minimum absolute atomic E-state index is 0.0157. The zero-order valence-corrected chi connectivity index (χ0v) is 10.7. The molecule has 1 saturated carbocycles. The topological polar surface area (TPSA) is 20.2 Å². The van der Waals surface area contributed by atoms with E-state index in [2.05, 4.69) is 20.8 Å². The molecule has 90 valence electrons. The Kier molecular flexibility index (Phi) is 5.66. The molecule has 1 heteroatoms. The lowest BCUT2D eigenvalue weighted by Crippen LogP contribution is -2.27. The van der Waals surface area contributed by atoms with Gasteiger partial charge in [0.15, 0.2) is 0 Å². The largest absolute Gasteiger partial charge is 0.393 e. The van der Waals surface area contributed by atoms with Crippen molar-refractivity contribution in [2.24, 2.45) is 17.8 Å². The van der Waals surface area contributed by atoms with Crippen molar-refractivity contribution < 1.29 is 5.11 Å². The summed E-state index contributed by atoms with van der Waals surface area (Å²) >= 11 is 0. The average Bonchev–Trinajstić information content (AvgIpc) is 2.26. The first-order valence-corrected chi connectivity index (χ1v) is 6.83. The van der Waals surface area contributed by atoms with Crippen LogP contribution in [0.15, 0.2) is 0 Å². The lowest BCUT2D eigenvalue weighted by atomic mass is 9.74. The van der Waals surface area contributed by atoms with Crippen LogP contribution in [0.25, 0.3) is 0 Å². The highest BCUT2D eigenvalue weighted by atomic mass is 16.3. The van der Waals surface area contributed by atoms with E-state index in [-0.39, 0.29) is 6.10 Å². The van der Waals surface area contributed by atoms with Gasteiger partial charge in [0.05, 0.1) is 6.10 Å². The van der Waals surface area contributed by atoms with E-state index in [1.54, 1.807) is 0 Å². The molecule has 0 saturated heterocycles. The average molecular weight is 212 g/mol. The summed E-state index contributed by atoms with van der Waals surface area (Å²) < 4.78 is 0. The maximum atomic E-state index is 10.0. The molecule has 1 N–H and O–H groups in total. The molecular formula is C14H28O. The molecule has 0 bridgehead atoms. The van der Waals surface area contributed by atoms with E-state index in [0.29, 0.717) is 5.92 Å². The summed E-state index contributed by atoms with van der Waals surface area (Å²) in [5, 5.41) is 10.0. The highest BCUT2D eigenvalue weighted by molar-refractivity contribution is 4.78. The number of hydrogen-bond donors (Lipinski definition) is 1. The Morgan fingerprint density at radius 1 is 1.07 bits per heavy atom. The molecule has 0 aromatic carbocycles. The summed E-state index contributed by atoms with van der Waals surface area (Å²) in [4.78, 5) is 0. The van der Waals surface area contributed by atoms with Crippen LogP contribution >= 0.6 is 0 Å². The first kappa shape index (κ1) is 13.0. The van der Waals surface area contributed by atoms with E-state index < -0.39 is 0 Å². The molecule has 0 aliphatic heterocycles. The van der Waals surface area contributed by atoms with Crippen LogP contribution in [-0.4, -0.2) is 11.2 Å². The fourth-order valence-electron chi connectivity index (χ4n) is 2.85. The summed E-state index contributed by atoms with van der Waals surface area (Å²) in [7, 11) is 0.